The molecule has 1 saturated heterocycles. The number of imidazole rings is 1. The van der Waals surface area contributed by atoms with E-state index >= 15 is 0 Å². The van der Waals surface area contributed by atoms with Crippen LogP contribution in [0.2, 0.25) is 0 Å². The number of carbonyl (C=O) groups is 1. The number of aromatic amines is 1. The van der Waals surface area contributed by atoms with Gasteiger partial charge in [0.1, 0.15) is 18.1 Å². The zero-order valence-corrected chi connectivity index (χ0v) is 15.1. The van der Waals surface area contributed by atoms with Crippen LogP contribution in [0.1, 0.15) is 30.5 Å². The molecule has 0 unspecified atom stereocenters. The molecule has 27 heavy (non-hydrogen) atoms. The van der Waals surface area contributed by atoms with Crippen LogP contribution in [0.3, 0.4) is 0 Å². The molecule has 1 amide bonds. The lowest BCUT2D eigenvalue weighted by Crippen LogP contribution is -2.38. The SMILES string of the molecule is O=C(Cn1nc(-c2cnc[nH]2)cc1Cc1ccc(F)cc1)N1CCCCC1. The van der Waals surface area contributed by atoms with E-state index in [1.165, 1.54) is 18.6 Å². The van der Waals surface area contributed by atoms with Gasteiger partial charge >= 0.3 is 0 Å². The van der Waals surface area contributed by atoms with E-state index in [1.54, 1.807) is 29.3 Å². The van der Waals surface area contributed by atoms with Crippen molar-refractivity contribution in [3.8, 4) is 11.4 Å². The fraction of sp³-hybridized carbons (Fsp3) is 0.350. The average Bonchev–Trinajstić information content (AvgIpc) is 3.35. The van der Waals surface area contributed by atoms with E-state index in [1.807, 2.05) is 11.0 Å². The van der Waals surface area contributed by atoms with Gasteiger partial charge in [-0.15, -0.1) is 0 Å². The van der Waals surface area contributed by atoms with Crippen molar-refractivity contribution in [2.45, 2.75) is 32.2 Å². The number of nitrogens with one attached hydrogen (secondary N) is 1. The second-order valence-corrected chi connectivity index (χ2v) is 6.89. The molecule has 1 aliphatic heterocycles. The predicted molar refractivity (Wildman–Crippen MR) is 99.4 cm³/mol. The van der Waals surface area contributed by atoms with Gasteiger partial charge in [0.2, 0.25) is 5.91 Å². The van der Waals surface area contributed by atoms with E-state index in [2.05, 4.69) is 15.1 Å². The molecule has 3 heterocycles. The molecule has 2 aromatic heterocycles. The van der Waals surface area contributed by atoms with Gasteiger partial charge in [-0.3, -0.25) is 9.48 Å². The largest absolute Gasteiger partial charge is 0.343 e. The third kappa shape index (κ3) is 4.07. The Bertz CT molecular complexity index is 895. The van der Waals surface area contributed by atoms with Gasteiger partial charge in [0.25, 0.3) is 0 Å². The van der Waals surface area contributed by atoms with Crippen LogP contribution in [0, 0.1) is 5.82 Å². The van der Waals surface area contributed by atoms with Gasteiger partial charge in [-0.2, -0.15) is 5.10 Å². The minimum Gasteiger partial charge on any atom is -0.343 e. The third-order valence-electron chi connectivity index (χ3n) is 4.93. The number of piperidine rings is 1. The molecule has 1 fully saturated rings. The van der Waals surface area contributed by atoms with Gasteiger partial charge in [-0.05, 0) is 43.0 Å². The lowest BCUT2D eigenvalue weighted by molar-refractivity contribution is -0.132. The highest BCUT2D eigenvalue weighted by molar-refractivity contribution is 5.76. The summed E-state index contributed by atoms with van der Waals surface area (Å²) in [5, 5.41) is 4.63. The van der Waals surface area contributed by atoms with E-state index in [4.69, 9.17) is 0 Å². The van der Waals surface area contributed by atoms with Gasteiger partial charge < -0.3 is 9.88 Å². The second kappa shape index (κ2) is 7.73. The molecule has 0 bridgehead atoms. The van der Waals surface area contributed by atoms with Crippen molar-refractivity contribution in [1.29, 1.82) is 0 Å². The number of halogens is 1. The number of carbonyl (C=O) groups excluding carboxylic acids is 1. The molecule has 1 aliphatic rings. The number of benzene rings is 1. The summed E-state index contributed by atoms with van der Waals surface area (Å²) in [5.74, 6) is -0.167. The highest BCUT2D eigenvalue weighted by Crippen LogP contribution is 2.20. The van der Waals surface area contributed by atoms with Crippen LogP contribution in [0.25, 0.3) is 11.4 Å². The number of amides is 1. The molecule has 0 saturated carbocycles. The summed E-state index contributed by atoms with van der Waals surface area (Å²) < 4.78 is 15.0. The topological polar surface area (TPSA) is 66.8 Å². The van der Waals surface area contributed by atoms with E-state index < -0.39 is 0 Å². The molecule has 4 rings (SSSR count). The summed E-state index contributed by atoms with van der Waals surface area (Å²) in [5.41, 5.74) is 3.44. The van der Waals surface area contributed by atoms with Crippen molar-refractivity contribution in [2.24, 2.45) is 0 Å². The van der Waals surface area contributed by atoms with Crippen LogP contribution >= 0.6 is 0 Å². The van der Waals surface area contributed by atoms with Crippen molar-refractivity contribution in [2.75, 3.05) is 13.1 Å². The van der Waals surface area contributed by atoms with Crippen molar-refractivity contribution in [1.82, 2.24) is 24.6 Å². The lowest BCUT2D eigenvalue weighted by atomic mass is 10.1. The maximum atomic E-state index is 13.2. The first-order valence-corrected chi connectivity index (χ1v) is 9.27. The first kappa shape index (κ1) is 17.5. The molecule has 7 heteroatoms. The van der Waals surface area contributed by atoms with E-state index in [9.17, 15) is 9.18 Å². The van der Waals surface area contributed by atoms with Crippen LogP contribution in [0.15, 0.2) is 42.9 Å². The van der Waals surface area contributed by atoms with E-state index in [-0.39, 0.29) is 18.3 Å². The summed E-state index contributed by atoms with van der Waals surface area (Å²) in [6, 6.07) is 8.37. The smallest absolute Gasteiger partial charge is 0.244 e. The molecule has 6 nitrogen and oxygen atoms in total. The third-order valence-corrected chi connectivity index (χ3v) is 4.93. The molecule has 0 aliphatic carbocycles. The normalized spacial score (nSPS) is 14.5. The standard InChI is InChI=1S/C20H22FN5O/c21-16-6-4-15(5-7-16)10-17-11-18(19-12-22-14-23-19)24-26(17)13-20(27)25-8-2-1-3-9-25/h4-7,11-12,14H,1-3,8-10,13H2,(H,22,23). The number of aromatic nitrogens is 4. The van der Waals surface area contributed by atoms with Gasteiger partial charge in [0.05, 0.1) is 18.2 Å². The summed E-state index contributed by atoms with van der Waals surface area (Å²) in [4.78, 5) is 21.7. The number of likely N-dealkylation sites (tertiary alicyclic amines) is 1. The van der Waals surface area contributed by atoms with Gasteiger partial charge in [-0.1, -0.05) is 12.1 Å². The number of nitrogens with zero attached hydrogens (tertiary/aromatic N) is 4. The fourth-order valence-corrected chi connectivity index (χ4v) is 3.45. The maximum absolute atomic E-state index is 13.2. The first-order valence-electron chi connectivity index (χ1n) is 9.27. The molecule has 0 radical (unpaired) electrons. The minimum absolute atomic E-state index is 0.0920. The van der Waals surface area contributed by atoms with Gasteiger partial charge in [0, 0.05) is 25.2 Å². The number of rotatable bonds is 5. The number of H-pyrrole nitrogens is 1. The van der Waals surface area contributed by atoms with Crippen molar-refractivity contribution in [3.63, 3.8) is 0 Å². The second-order valence-electron chi connectivity index (χ2n) is 6.89. The zero-order valence-electron chi connectivity index (χ0n) is 15.1. The molecule has 140 valence electrons. The maximum Gasteiger partial charge on any atom is 0.244 e. The monoisotopic (exact) mass is 367 g/mol. The van der Waals surface area contributed by atoms with Gasteiger partial charge in [-0.25, -0.2) is 9.37 Å². The van der Waals surface area contributed by atoms with Crippen LogP contribution in [-0.4, -0.2) is 43.6 Å². The summed E-state index contributed by atoms with van der Waals surface area (Å²) in [6.07, 6.45) is 7.20. The Morgan fingerprint density at radius 1 is 1.15 bits per heavy atom. The van der Waals surface area contributed by atoms with Crippen LogP contribution in [0.4, 0.5) is 4.39 Å². The summed E-state index contributed by atoms with van der Waals surface area (Å²) in [7, 11) is 0. The van der Waals surface area contributed by atoms with E-state index in [0.29, 0.717) is 6.42 Å². The van der Waals surface area contributed by atoms with E-state index in [0.717, 1.165) is 48.6 Å². The van der Waals surface area contributed by atoms with Gasteiger partial charge in [0.15, 0.2) is 0 Å². The Hall–Kier alpha value is -2.96. The fourth-order valence-electron chi connectivity index (χ4n) is 3.45. The number of hydrogen-bond donors (Lipinski definition) is 1. The molecule has 1 N–H and O–H groups in total. The molecule has 3 aromatic rings. The minimum atomic E-state index is -0.259. The van der Waals surface area contributed by atoms with Crippen LogP contribution < -0.4 is 0 Å². The van der Waals surface area contributed by atoms with Crippen LogP contribution in [-0.2, 0) is 17.8 Å². The zero-order chi connectivity index (χ0) is 18.6. The Morgan fingerprint density at radius 2 is 1.93 bits per heavy atom. The molecule has 1 aromatic carbocycles. The highest BCUT2D eigenvalue weighted by Gasteiger charge is 2.19. The highest BCUT2D eigenvalue weighted by atomic mass is 19.1. The Morgan fingerprint density at radius 3 is 2.63 bits per heavy atom. The Labute approximate surface area is 157 Å². The van der Waals surface area contributed by atoms with Crippen molar-refractivity contribution in [3.05, 3.63) is 59.9 Å². The first-order chi connectivity index (χ1) is 13.2. The molecular formula is C20H22FN5O. The average molecular weight is 367 g/mol. The van der Waals surface area contributed by atoms with Crippen LogP contribution in [0.5, 0.6) is 0 Å². The summed E-state index contributed by atoms with van der Waals surface area (Å²) >= 11 is 0. The quantitative estimate of drug-likeness (QED) is 0.754. The Kier molecular flexibility index (Phi) is 5.00. The van der Waals surface area contributed by atoms with Crippen molar-refractivity contribution < 1.29 is 9.18 Å². The lowest BCUT2D eigenvalue weighted by Gasteiger charge is -2.26. The summed E-state index contributed by atoms with van der Waals surface area (Å²) in [6.45, 7) is 1.85. The molecule has 0 atom stereocenters. The molecule has 0 spiro atoms. The molecular weight excluding hydrogens is 345 g/mol. The Balaban J connectivity index is 1.59. The van der Waals surface area contributed by atoms with Crippen molar-refractivity contribution >= 4 is 5.91 Å². The number of hydrogen-bond acceptors (Lipinski definition) is 3. The predicted octanol–water partition coefficient (Wildman–Crippen LogP) is 3.02.